The van der Waals surface area contributed by atoms with E-state index in [1.54, 1.807) is 0 Å². The second-order valence-corrected chi connectivity index (χ2v) is 7.87. The van der Waals surface area contributed by atoms with E-state index >= 15 is 0 Å². The normalized spacial score (nSPS) is 40.8. The molecule has 0 aromatic carbocycles. The van der Waals surface area contributed by atoms with Gasteiger partial charge in [-0.1, -0.05) is 26.2 Å². The summed E-state index contributed by atoms with van der Waals surface area (Å²) in [7, 11) is 0. The minimum atomic E-state index is -2.26. The van der Waals surface area contributed by atoms with E-state index in [0.29, 0.717) is 6.42 Å². The van der Waals surface area contributed by atoms with Crippen LogP contribution in [0.25, 0.3) is 0 Å². The Kier molecular flexibility index (Phi) is 10.0. The number of carbonyl (C=O) groups excluding carboxylic acids is 1. The van der Waals surface area contributed by atoms with Gasteiger partial charge >= 0.3 is 5.97 Å². The third-order valence-corrected chi connectivity index (χ3v) is 5.53. The summed E-state index contributed by atoms with van der Waals surface area (Å²) in [5, 5.41) is 69.6. The maximum atomic E-state index is 11.9. The molecule has 2 fully saturated rings. The number of aliphatic hydroxyl groups is 7. The highest BCUT2D eigenvalue weighted by Crippen LogP contribution is 2.36. The summed E-state index contributed by atoms with van der Waals surface area (Å²) in [5.74, 6) is -2.78. The number of esters is 1. The van der Waals surface area contributed by atoms with Crippen LogP contribution in [0, 0.1) is 0 Å². The molecule has 0 bridgehead atoms. The van der Waals surface area contributed by atoms with E-state index < -0.39 is 80.6 Å². The van der Waals surface area contributed by atoms with Gasteiger partial charge in [-0.2, -0.15) is 0 Å². The highest BCUT2D eigenvalue weighted by Gasteiger charge is 2.58. The van der Waals surface area contributed by atoms with Crippen LogP contribution in [0.2, 0.25) is 0 Å². The molecule has 0 radical (unpaired) electrons. The quantitative estimate of drug-likeness (QED) is 0.125. The molecule has 9 atom stereocenters. The average Bonchev–Trinajstić information content (AvgIpc) is 3.01. The van der Waals surface area contributed by atoms with Gasteiger partial charge in [0.25, 0.3) is 0 Å². The molecule has 2 rings (SSSR count). The highest BCUT2D eigenvalue weighted by molar-refractivity contribution is 5.69. The maximum absolute atomic E-state index is 11.9. The van der Waals surface area contributed by atoms with E-state index in [-0.39, 0.29) is 6.42 Å². The lowest BCUT2D eigenvalue weighted by Gasteiger charge is -2.43. The number of aliphatic hydroxyl groups excluding tert-OH is 7. The summed E-state index contributed by atoms with van der Waals surface area (Å²) in [6.07, 6.45) is -9.17. The minimum Gasteiger partial charge on any atom is -0.463 e. The summed E-state index contributed by atoms with van der Waals surface area (Å²) in [4.78, 5) is 11.9. The second kappa shape index (κ2) is 11.8. The predicted molar refractivity (Wildman–Crippen MR) is 101 cm³/mol. The summed E-state index contributed by atoms with van der Waals surface area (Å²) >= 11 is 0. The van der Waals surface area contributed by atoms with Gasteiger partial charge in [0.1, 0.15) is 55.9 Å². The molecule has 0 spiro atoms. The van der Waals surface area contributed by atoms with Crippen LogP contribution < -0.4 is 0 Å². The third kappa shape index (κ3) is 6.11. The van der Waals surface area contributed by atoms with Crippen LogP contribution >= 0.6 is 0 Å². The Morgan fingerprint density at radius 2 is 1.65 bits per heavy atom. The molecule has 12 heteroatoms. The van der Waals surface area contributed by atoms with Gasteiger partial charge in [0.2, 0.25) is 5.79 Å². The molecule has 2 heterocycles. The predicted octanol–water partition coefficient (Wildman–Crippen LogP) is -2.87. The number of hydrogen-bond donors (Lipinski definition) is 7. The molecule has 0 unspecified atom stereocenters. The number of hydrogen-bond acceptors (Lipinski definition) is 12. The Morgan fingerprint density at radius 3 is 2.23 bits per heavy atom. The zero-order chi connectivity index (χ0) is 23.2. The SMILES string of the molecule is CCCCCCC(=O)OC[C@H]1O[C@H](O[C@]2(CO)O[C@H](CO)[C@@H](O)[C@@H]2O)[C@H](O)[C@@H](O)[C@@H]1O. The van der Waals surface area contributed by atoms with Crippen molar-refractivity contribution in [2.75, 3.05) is 19.8 Å². The third-order valence-electron chi connectivity index (χ3n) is 5.53. The topological polar surface area (TPSA) is 196 Å². The largest absolute Gasteiger partial charge is 0.463 e. The van der Waals surface area contributed by atoms with Gasteiger partial charge in [-0.05, 0) is 6.42 Å². The zero-order valence-electron chi connectivity index (χ0n) is 17.4. The summed E-state index contributed by atoms with van der Waals surface area (Å²) in [5.41, 5.74) is 0. The van der Waals surface area contributed by atoms with Crippen LogP contribution in [-0.4, -0.2) is 116 Å². The molecule has 0 aliphatic carbocycles. The molecule has 7 N–H and O–H groups in total. The molecule has 0 aromatic rings. The first-order valence-corrected chi connectivity index (χ1v) is 10.5. The summed E-state index contributed by atoms with van der Waals surface area (Å²) in [6.45, 7) is -0.0612. The number of ether oxygens (including phenoxy) is 4. The van der Waals surface area contributed by atoms with E-state index in [1.165, 1.54) is 0 Å². The fourth-order valence-electron chi connectivity index (χ4n) is 3.56. The molecule has 0 aromatic heterocycles. The van der Waals surface area contributed by atoms with Crippen molar-refractivity contribution in [3.05, 3.63) is 0 Å². The van der Waals surface area contributed by atoms with Crippen molar-refractivity contribution in [1.29, 1.82) is 0 Å². The fraction of sp³-hybridized carbons (Fsp3) is 0.947. The fourth-order valence-corrected chi connectivity index (χ4v) is 3.56. The highest BCUT2D eigenvalue weighted by atomic mass is 16.8. The molecule has 2 aliphatic rings. The van der Waals surface area contributed by atoms with Crippen molar-refractivity contribution in [2.24, 2.45) is 0 Å². The lowest BCUT2D eigenvalue weighted by Crippen LogP contribution is -2.62. The number of unbranched alkanes of at least 4 members (excludes halogenated alkanes) is 3. The van der Waals surface area contributed by atoms with Gasteiger partial charge in [0.15, 0.2) is 6.29 Å². The monoisotopic (exact) mass is 454 g/mol. The van der Waals surface area contributed by atoms with E-state index in [9.17, 15) is 40.5 Å². The Morgan fingerprint density at radius 1 is 0.935 bits per heavy atom. The zero-order valence-corrected chi connectivity index (χ0v) is 17.4. The summed E-state index contributed by atoms with van der Waals surface area (Å²) in [6, 6.07) is 0. The average molecular weight is 454 g/mol. The first-order valence-electron chi connectivity index (χ1n) is 10.5. The van der Waals surface area contributed by atoms with Crippen molar-refractivity contribution in [2.45, 2.75) is 93.8 Å². The summed E-state index contributed by atoms with van der Waals surface area (Å²) < 4.78 is 21.1. The van der Waals surface area contributed by atoms with E-state index in [0.717, 1.165) is 19.3 Å². The van der Waals surface area contributed by atoms with Crippen molar-refractivity contribution >= 4 is 5.97 Å². The van der Waals surface area contributed by atoms with E-state index in [1.807, 2.05) is 6.92 Å². The van der Waals surface area contributed by atoms with Crippen molar-refractivity contribution in [3.8, 4) is 0 Å². The van der Waals surface area contributed by atoms with Crippen LogP contribution in [0.15, 0.2) is 0 Å². The van der Waals surface area contributed by atoms with Crippen molar-refractivity contribution in [3.63, 3.8) is 0 Å². The van der Waals surface area contributed by atoms with Crippen LogP contribution in [-0.2, 0) is 23.7 Å². The smallest absolute Gasteiger partial charge is 0.305 e. The molecule has 31 heavy (non-hydrogen) atoms. The van der Waals surface area contributed by atoms with Gasteiger partial charge in [-0.3, -0.25) is 4.79 Å². The molecule has 0 amide bonds. The van der Waals surface area contributed by atoms with Gasteiger partial charge in [-0.25, -0.2) is 0 Å². The molecule has 0 saturated carbocycles. The lowest BCUT2D eigenvalue weighted by molar-refractivity contribution is -0.383. The molecular formula is C19H34O12. The Bertz CT molecular complexity index is 562. The molecule has 2 saturated heterocycles. The Balaban J connectivity index is 2.00. The molecular weight excluding hydrogens is 420 g/mol. The van der Waals surface area contributed by atoms with Crippen LogP contribution in [0.5, 0.6) is 0 Å². The van der Waals surface area contributed by atoms with Gasteiger partial charge < -0.3 is 54.7 Å². The minimum absolute atomic E-state index is 0.183. The van der Waals surface area contributed by atoms with Crippen LogP contribution in [0.3, 0.4) is 0 Å². The van der Waals surface area contributed by atoms with Gasteiger partial charge in [0, 0.05) is 6.42 Å². The molecule has 182 valence electrons. The van der Waals surface area contributed by atoms with Gasteiger partial charge in [0.05, 0.1) is 6.61 Å². The van der Waals surface area contributed by atoms with Crippen LogP contribution in [0.4, 0.5) is 0 Å². The molecule has 2 aliphatic heterocycles. The van der Waals surface area contributed by atoms with Crippen molar-refractivity contribution < 1.29 is 59.5 Å². The number of carbonyl (C=O) groups is 1. The molecule has 12 nitrogen and oxygen atoms in total. The Hall–Kier alpha value is -0.930. The second-order valence-electron chi connectivity index (χ2n) is 7.87. The Labute approximate surface area is 179 Å². The number of rotatable bonds is 11. The van der Waals surface area contributed by atoms with Crippen LogP contribution in [0.1, 0.15) is 39.0 Å². The lowest BCUT2D eigenvalue weighted by atomic mass is 9.99. The van der Waals surface area contributed by atoms with Gasteiger partial charge in [-0.15, -0.1) is 0 Å². The maximum Gasteiger partial charge on any atom is 0.305 e. The first-order chi connectivity index (χ1) is 14.7. The standard InChI is InChI=1S/C19H34O12/c1-2-3-4-5-6-12(22)28-8-11-13(23)15(25)16(26)18(29-11)31-19(9-21)17(27)14(24)10(7-20)30-19/h10-11,13-18,20-21,23-27H,2-9H2,1H3/t10-,11-,13-,14-,15+,16-,17+,18-,19+/m1/s1. The first kappa shape index (κ1) is 26.3. The van der Waals surface area contributed by atoms with E-state index in [4.69, 9.17) is 18.9 Å². The van der Waals surface area contributed by atoms with Crippen molar-refractivity contribution in [1.82, 2.24) is 0 Å². The van der Waals surface area contributed by atoms with E-state index in [2.05, 4.69) is 0 Å².